The predicted octanol–water partition coefficient (Wildman–Crippen LogP) is 3.58. The van der Waals surface area contributed by atoms with Crippen LogP contribution >= 0.6 is 0 Å². The molecule has 0 radical (unpaired) electrons. The Balaban J connectivity index is 1.50. The number of aryl methyl sites for hydroxylation is 1. The summed E-state index contributed by atoms with van der Waals surface area (Å²) in [5, 5.41) is 2.99. The van der Waals surface area contributed by atoms with E-state index in [0.717, 1.165) is 43.5 Å². The first-order valence-corrected chi connectivity index (χ1v) is 10.1. The normalized spacial score (nSPS) is 18.5. The van der Waals surface area contributed by atoms with E-state index in [1.807, 2.05) is 18.0 Å². The van der Waals surface area contributed by atoms with Gasteiger partial charge in [-0.1, -0.05) is 31.2 Å². The zero-order chi connectivity index (χ0) is 19.7. The number of piperidine rings is 1. The number of nitrogens with zero attached hydrogens (tertiary/aromatic N) is 2. The fourth-order valence-corrected chi connectivity index (χ4v) is 4.19. The lowest BCUT2D eigenvalue weighted by atomic mass is 9.97. The van der Waals surface area contributed by atoms with Gasteiger partial charge < -0.3 is 15.1 Å². The smallest absolute Gasteiger partial charge is 0.257 e. The minimum atomic E-state index is -0.116. The number of hydrogen-bond acceptors (Lipinski definition) is 3. The third-order valence-electron chi connectivity index (χ3n) is 5.93. The van der Waals surface area contributed by atoms with Crippen molar-refractivity contribution in [3.05, 3.63) is 64.7 Å². The zero-order valence-corrected chi connectivity index (χ0v) is 16.6. The molecule has 146 valence electrons. The van der Waals surface area contributed by atoms with Crippen LogP contribution in [0.2, 0.25) is 0 Å². The number of carbonyl (C=O) groups is 2. The number of benzene rings is 2. The summed E-state index contributed by atoms with van der Waals surface area (Å²) >= 11 is 0. The van der Waals surface area contributed by atoms with E-state index in [1.165, 1.54) is 5.56 Å². The molecule has 0 spiro atoms. The van der Waals surface area contributed by atoms with Gasteiger partial charge >= 0.3 is 0 Å². The Kier molecular flexibility index (Phi) is 5.07. The summed E-state index contributed by atoms with van der Waals surface area (Å²) < 4.78 is 0. The van der Waals surface area contributed by atoms with Gasteiger partial charge in [-0.2, -0.15) is 0 Å². The number of anilines is 1. The highest BCUT2D eigenvalue weighted by molar-refractivity contribution is 6.04. The van der Waals surface area contributed by atoms with Crippen molar-refractivity contribution < 1.29 is 9.59 Å². The van der Waals surface area contributed by atoms with E-state index in [0.29, 0.717) is 17.7 Å². The summed E-state index contributed by atoms with van der Waals surface area (Å²) in [7, 11) is 2.02. The van der Waals surface area contributed by atoms with Crippen molar-refractivity contribution in [1.29, 1.82) is 0 Å². The van der Waals surface area contributed by atoms with Gasteiger partial charge in [0.1, 0.15) is 6.17 Å². The van der Waals surface area contributed by atoms with Crippen LogP contribution in [0.15, 0.2) is 42.5 Å². The molecular weight excluding hydrogens is 350 g/mol. The molecule has 1 atom stereocenters. The molecule has 0 bridgehead atoms. The summed E-state index contributed by atoms with van der Waals surface area (Å²) in [5.74, 6) is -0.0323. The average molecular weight is 377 g/mol. The summed E-state index contributed by atoms with van der Waals surface area (Å²) in [5.41, 5.74) is 4.50. The van der Waals surface area contributed by atoms with Gasteiger partial charge in [0.05, 0.1) is 11.3 Å². The number of nitrogens with one attached hydrogen (secondary N) is 1. The van der Waals surface area contributed by atoms with Crippen molar-refractivity contribution in [2.24, 2.45) is 0 Å². The third kappa shape index (κ3) is 3.37. The Morgan fingerprint density at radius 2 is 1.86 bits per heavy atom. The lowest BCUT2D eigenvalue weighted by Crippen LogP contribution is -2.55. The number of rotatable bonds is 4. The predicted molar refractivity (Wildman–Crippen MR) is 111 cm³/mol. The Labute approximate surface area is 166 Å². The minimum absolute atomic E-state index is 0.0840. The second-order valence-electron chi connectivity index (χ2n) is 7.67. The second kappa shape index (κ2) is 7.66. The number of carbonyl (C=O) groups excluding carboxylic acids is 2. The molecule has 0 aromatic heterocycles. The average Bonchev–Trinajstić information content (AvgIpc) is 2.75. The van der Waals surface area contributed by atoms with Gasteiger partial charge in [0.2, 0.25) is 0 Å². The van der Waals surface area contributed by atoms with Crippen molar-refractivity contribution in [2.75, 3.05) is 18.5 Å². The van der Waals surface area contributed by atoms with Crippen molar-refractivity contribution >= 4 is 17.5 Å². The summed E-state index contributed by atoms with van der Waals surface area (Å²) in [6, 6.07) is 13.7. The van der Waals surface area contributed by atoms with Crippen LogP contribution in [0.1, 0.15) is 58.0 Å². The highest BCUT2D eigenvalue weighted by Crippen LogP contribution is 2.34. The molecule has 5 nitrogen and oxygen atoms in total. The minimum Gasteiger partial charge on any atom is -0.354 e. The number of hydrogen-bond donors (Lipinski definition) is 1. The maximum Gasteiger partial charge on any atom is 0.257 e. The van der Waals surface area contributed by atoms with E-state index < -0.39 is 0 Å². The van der Waals surface area contributed by atoms with Crippen LogP contribution in [0.25, 0.3) is 0 Å². The van der Waals surface area contributed by atoms with Crippen molar-refractivity contribution in [1.82, 2.24) is 10.2 Å². The molecule has 2 heterocycles. The first-order chi connectivity index (χ1) is 13.6. The van der Waals surface area contributed by atoms with Crippen LogP contribution in [0, 0.1) is 0 Å². The highest BCUT2D eigenvalue weighted by atomic mass is 16.2. The molecule has 5 heteroatoms. The van der Waals surface area contributed by atoms with Gasteiger partial charge in [-0.3, -0.25) is 9.59 Å². The van der Waals surface area contributed by atoms with Crippen LogP contribution in [0.4, 0.5) is 5.69 Å². The molecule has 2 aliphatic heterocycles. The lowest BCUT2D eigenvalue weighted by molar-refractivity contribution is 0.0589. The van der Waals surface area contributed by atoms with Crippen LogP contribution < -0.4 is 10.2 Å². The van der Waals surface area contributed by atoms with Crippen molar-refractivity contribution in [2.45, 2.75) is 45.3 Å². The Morgan fingerprint density at radius 1 is 1.11 bits per heavy atom. The summed E-state index contributed by atoms with van der Waals surface area (Å²) in [6.45, 7) is 3.43. The Morgan fingerprint density at radius 3 is 2.61 bits per heavy atom. The third-order valence-corrected chi connectivity index (χ3v) is 5.93. The molecule has 0 unspecified atom stereocenters. The quantitative estimate of drug-likeness (QED) is 0.886. The van der Waals surface area contributed by atoms with E-state index >= 15 is 0 Å². The van der Waals surface area contributed by atoms with Gasteiger partial charge in [0, 0.05) is 25.7 Å². The largest absolute Gasteiger partial charge is 0.354 e. The standard InChI is InChI=1S/C23H27N3O2/c1-3-16-7-9-17(10-8-16)15-24-22(27)18-11-12-19-20(14-18)25(2)21-6-4-5-13-26(21)23(19)28/h7-12,14,21H,3-6,13,15H2,1-2H3,(H,24,27)/t21-/m0/s1. The van der Waals surface area contributed by atoms with Crippen molar-refractivity contribution in [3.8, 4) is 0 Å². The van der Waals surface area contributed by atoms with Gasteiger partial charge in [0.15, 0.2) is 0 Å². The Hall–Kier alpha value is -2.82. The molecule has 1 saturated heterocycles. The summed E-state index contributed by atoms with van der Waals surface area (Å²) in [4.78, 5) is 29.6. The van der Waals surface area contributed by atoms with E-state index in [2.05, 4.69) is 41.4 Å². The van der Waals surface area contributed by atoms with Gasteiger partial charge in [0.25, 0.3) is 11.8 Å². The molecular formula is C23H27N3O2. The molecule has 1 fully saturated rings. The van der Waals surface area contributed by atoms with Crippen molar-refractivity contribution in [3.63, 3.8) is 0 Å². The molecule has 1 N–H and O–H groups in total. The molecule has 2 aromatic carbocycles. The number of fused-ring (bicyclic) bond motifs is 2. The lowest BCUT2D eigenvalue weighted by Gasteiger charge is -2.46. The second-order valence-corrected chi connectivity index (χ2v) is 7.67. The topological polar surface area (TPSA) is 52.7 Å². The van der Waals surface area contributed by atoms with E-state index in [4.69, 9.17) is 0 Å². The first kappa shape index (κ1) is 18.5. The van der Waals surface area contributed by atoms with Gasteiger partial charge in [-0.25, -0.2) is 0 Å². The zero-order valence-electron chi connectivity index (χ0n) is 16.6. The highest BCUT2D eigenvalue weighted by Gasteiger charge is 2.37. The van der Waals surface area contributed by atoms with Crippen LogP contribution in [-0.4, -0.2) is 36.5 Å². The van der Waals surface area contributed by atoms with E-state index in [9.17, 15) is 9.59 Å². The van der Waals surface area contributed by atoms with Crippen LogP contribution in [0.5, 0.6) is 0 Å². The maximum atomic E-state index is 12.8. The molecule has 2 amide bonds. The molecule has 28 heavy (non-hydrogen) atoms. The molecule has 2 aliphatic rings. The molecule has 0 aliphatic carbocycles. The fraction of sp³-hybridized carbons (Fsp3) is 0.391. The number of amides is 2. The monoisotopic (exact) mass is 377 g/mol. The SMILES string of the molecule is CCc1ccc(CNC(=O)c2ccc3c(c2)N(C)[C@@H]2CCCCN2C3=O)cc1. The van der Waals surface area contributed by atoms with Crippen LogP contribution in [-0.2, 0) is 13.0 Å². The molecule has 4 rings (SSSR count). The van der Waals surface area contributed by atoms with Gasteiger partial charge in [-0.05, 0) is 55.0 Å². The summed E-state index contributed by atoms with van der Waals surface area (Å²) in [6.07, 6.45) is 4.28. The Bertz CT molecular complexity index is 891. The van der Waals surface area contributed by atoms with Gasteiger partial charge in [-0.15, -0.1) is 0 Å². The van der Waals surface area contributed by atoms with Crippen LogP contribution in [0.3, 0.4) is 0 Å². The molecule has 2 aromatic rings. The molecule has 0 saturated carbocycles. The first-order valence-electron chi connectivity index (χ1n) is 10.1. The van der Waals surface area contributed by atoms with E-state index in [-0.39, 0.29) is 18.0 Å². The maximum absolute atomic E-state index is 12.8. The fourth-order valence-electron chi connectivity index (χ4n) is 4.19. The van der Waals surface area contributed by atoms with E-state index in [1.54, 1.807) is 12.1 Å².